The zero-order valence-electron chi connectivity index (χ0n) is 11.0. The summed E-state index contributed by atoms with van der Waals surface area (Å²) in [7, 11) is 0. The van der Waals surface area contributed by atoms with E-state index >= 15 is 0 Å². The average molecular weight is 224 g/mol. The molecule has 0 spiro atoms. The molecule has 0 heterocycles. The molecule has 0 aromatic rings. The highest BCUT2D eigenvalue weighted by Crippen LogP contribution is 2.45. The third-order valence-corrected chi connectivity index (χ3v) is 5.14. The number of aliphatic hydroxyl groups excluding tert-OH is 1. The van der Waals surface area contributed by atoms with Gasteiger partial charge in [0, 0.05) is 0 Å². The summed E-state index contributed by atoms with van der Waals surface area (Å²) in [5, 5.41) is 10.6. The van der Waals surface area contributed by atoms with Gasteiger partial charge in [0.05, 0.1) is 6.10 Å². The van der Waals surface area contributed by atoms with E-state index < -0.39 is 0 Å². The Hall–Kier alpha value is -0.0400. The van der Waals surface area contributed by atoms with Crippen molar-refractivity contribution in [2.75, 3.05) is 0 Å². The molecule has 2 atom stereocenters. The normalized spacial score (nSPS) is 33.6. The van der Waals surface area contributed by atoms with Crippen molar-refractivity contribution in [3.63, 3.8) is 0 Å². The first-order valence-electron chi connectivity index (χ1n) is 7.29. The van der Waals surface area contributed by atoms with Crippen LogP contribution >= 0.6 is 0 Å². The Labute approximate surface area is 101 Å². The number of aliphatic hydroxyl groups is 1. The lowest BCUT2D eigenvalue weighted by Crippen LogP contribution is -2.41. The number of rotatable bonds is 2. The van der Waals surface area contributed by atoms with Gasteiger partial charge in [-0.3, -0.25) is 0 Å². The molecule has 2 aliphatic carbocycles. The van der Waals surface area contributed by atoms with Gasteiger partial charge in [-0.25, -0.2) is 0 Å². The van der Waals surface area contributed by atoms with Crippen LogP contribution in [0.4, 0.5) is 0 Å². The minimum Gasteiger partial charge on any atom is -0.393 e. The largest absolute Gasteiger partial charge is 0.393 e. The zero-order chi connectivity index (χ0) is 11.6. The van der Waals surface area contributed by atoms with E-state index in [4.69, 9.17) is 0 Å². The topological polar surface area (TPSA) is 20.2 Å². The van der Waals surface area contributed by atoms with Crippen LogP contribution in [0, 0.1) is 17.3 Å². The van der Waals surface area contributed by atoms with Crippen molar-refractivity contribution in [2.45, 2.75) is 77.7 Å². The molecule has 1 heteroatoms. The SMILES string of the molecule is CC1(C)CCCCC1C(O)C1CCCCC1. The van der Waals surface area contributed by atoms with E-state index in [9.17, 15) is 5.11 Å². The average Bonchev–Trinajstić information content (AvgIpc) is 2.29. The maximum Gasteiger partial charge on any atom is 0.0601 e. The summed E-state index contributed by atoms with van der Waals surface area (Å²) < 4.78 is 0. The van der Waals surface area contributed by atoms with Crippen LogP contribution in [0.5, 0.6) is 0 Å². The van der Waals surface area contributed by atoms with E-state index in [2.05, 4.69) is 13.8 Å². The predicted octanol–water partition coefficient (Wildman–Crippen LogP) is 4.14. The number of hydrogen-bond donors (Lipinski definition) is 1. The van der Waals surface area contributed by atoms with Gasteiger partial charge >= 0.3 is 0 Å². The highest BCUT2D eigenvalue weighted by molar-refractivity contribution is 4.90. The van der Waals surface area contributed by atoms with Crippen LogP contribution in [0.3, 0.4) is 0 Å². The van der Waals surface area contributed by atoms with E-state index in [0.29, 0.717) is 17.3 Å². The molecule has 2 aliphatic rings. The molecule has 16 heavy (non-hydrogen) atoms. The van der Waals surface area contributed by atoms with Crippen LogP contribution in [-0.2, 0) is 0 Å². The summed E-state index contributed by atoms with van der Waals surface area (Å²) in [5.41, 5.74) is 0.370. The Morgan fingerprint density at radius 3 is 2.19 bits per heavy atom. The molecule has 0 aromatic heterocycles. The van der Waals surface area contributed by atoms with Gasteiger partial charge in [0.25, 0.3) is 0 Å². The van der Waals surface area contributed by atoms with E-state index in [-0.39, 0.29) is 6.10 Å². The minimum absolute atomic E-state index is 0.0180. The summed E-state index contributed by atoms with van der Waals surface area (Å²) in [6, 6.07) is 0. The molecular weight excluding hydrogens is 196 g/mol. The van der Waals surface area contributed by atoms with E-state index in [1.54, 1.807) is 0 Å². The fraction of sp³-hybridized carbons (Fsp3) is 1.00. The molecule has 1 nitrogen and oxygen atoms in total. The second kappa shape index (κ2) is 5.08. The summed E-state index contributed by atoms with van der Waals surface area (Å²) in [6.07, 6.45) is 11.9. The molecule has 2 fully saturated rings. The molecular formula is C15H28O. The minimum atomic E-state index is -0.0180. The molecule has 2 unspecified atom stereocenters. The molecule has 94 valence electrons. The molecule has 0 bridgehead atoms. The quantitative estimate of drug-likeness (QED) is 0.747. The highest BCUT2D eigenvalue weighted by atomic mass is 16.3. The fourth-order valence-corrected chi connectivity index (χ4v) is 3.96. The van der Waals surface area contributed by atoms with Gasteiger partial charge in [-0.2, -0.15) is 0 Å². The fourth-order valence-electron chi connectivity index (χ4n) is 3.96. The smallest absolute Gasteiger partial charge is 0.0601 e. The van der Waals surface area contributed by atoms with Gasteiger partial charge in [0.1, 0.15) is 0 Å². The Kier molecular flexibility index (Phi) is 3.94. The second-order valence-electron chi connectivity index (χ2n) is 6.73. The Balaban J connectivity index is 1.98. The lowest BCUT2D eigenvalue weighted by atomic mass is 9.63. The van der Waals surface area contributed by atoms with Gasteiger partial charge in [-0.15, -0.1) is 0 Å². The van der Waals surface area contributed by atoms with Crippen molar-refractivity contribution < 1.29 is 5.11 Å². The van der Waals surface area contributed by atoms with E-state index in [0.717, 1.165) is 0 Å². The third-order valence-electron chi connectivity index (χ3n) is 5.14. The Morgan fingerprint density at radius 2 is 1.56 bits per heavy atom. The van der Waals surface area contributed by atoms with Crippen molar-refractivity contribution in [2.24, 2.45) is 17.3 Å². The Bertz CT molecular complexity index is 215. The van der Waals surface area contributed by atoms with Crippen molar-refractivity contribution >= 4 is 0 Å². The van der Waals surface area contributed by atoms with Crippen molar-refractivity contribution in [3.8, 4) is 0 Å². The molecule has 0 aliphatic heterocycles. The first-order chi connectivity index (χ1) is 7.61. The maximum atomic E-state index is 10.6. The van der Waals surface area contributed by atoms with Gasteiger partial charge in [0.15, 0.2) is 0 Å². The molecule has 2 saturated carbocycles. The monoisotopic (exact) mass is 224 g/mol. The maximum absolute atomic E-state index is 10.6. The van der Waals surface area contributed by atoms with Gasteiger partial charge in [-0.1, -0.05) is 46.0 Å². The lowest BCUT2D eigenvalue weighted by Gasteiger charge is -2.44. The molecule has 0 amide bonds. The van der Waals surface area contributed by atoms with Gasteiger partial charge in [-0.05, 0) is 42.9 Å². The molecule has 0 saturated heterocycles. The standard InChI is InChI=1S/C15H28O/c1-15(2)11-7-6-10-13(15)14(16)12-8-4-3-5-9-12/h12-14,16H,3-11H2,1-2H3. The van der Waals surface area contributed by atoms with Gasteiger partial charge < -0.3 is 5.11 Å². The van der Waals surface area contributed by atoms with Crippen LogP contribution in [0.2, 0.25) is 0 Å². The van der Waals surface area contributed by atoms with Crippen molar-refractivity contribution in [3.05, 3.63) is 0 Å². The first kappa shape index (κ1) is 12.4. The van der Waals surface area contributed by atoms with Crippen LogP contribution in [0.25, 0.3) is 0 Å². The molecule has 0 radical (unpaired) electrons. The van der Waals surface area contributed by atoms with Gasteiger partial charge in [0.2, 0.25) is 0 Å². The summed E-state index contributed by atoms with van der Waals surface area (Å²) in [6.45, 7) is 4.73. The third kappa shape index (κ3) is 2.61. The van der Waals surface area contributed by atoms with Crippen LogP contribution in [0.1, 0.15) is 71.6 Å². The van der Waals surface area contributed by atoms with Crippen molar-refractivity contribution in [1.29, 1.82) is 0 Å². The molecule has 0 aromatic carbocycles. The van der Waals surface area contributed by atoms with E-state index in [1.165, 1.54) is 57.8 Å². The first-order valence-corrected chi connectivity index (χ1v) is 7.29. The Morgan fingerprint density at radius 1 is 0.938 bits per heavy atom. The second-order valence-corrected chi connectivity index (χ2v) is 6.73. The lowest BCUT2D eigenvalue weighted by molar-refractivity contribution is -0.0377. The summed E-state index contributed by atoms with van der Waals surface area (Å²) in [4.78, 5) is 0. The summed E-state index contributed by atoms with van der Waals surface area (Å²) >= 11 is 0. The highest BCUT2D eigenvalue weighted by Gasteiger charge is 2.39. The van der Waals surface area contributed by atoms with Crippen LogP contribution in [-0.4, -0.2) is 11.2 Å². The zero-order valence-corrected chi connectivity index (χ0v) is 11.0. The van der Waals surface area contributed by atoms with Crippen molar-refractivity contribution in [1.82, 2.24) is 0 Å². The number of hydrogen-bond acceptors (Lipinski definition) is 1. The van der Waals surface area contributed by atoms with Crippen LogP contribution in [0.15, 0.2) is 0 Å². The summed E-state index contributed by atoms with van der Waals surface area (Å²) in [5.74, 6) is 1.17. The molecule has 2 rings (SSSR count). The van der Waals surface area contributed by atoms with Crippen LogP contribution < -0.4 is 0 Å². The van der Waals surface area contributed by atoms with E-state index in [1.807, 2.05) is 0 Å². The predicted molar refractivity (Wildman–Crippen MR) is 68.3 cm³/mol. The molecule has 1 N–H and O–H groups in total.